The van der Waals surface area contributed by atoms with Crippen molar-refractivity contribution in [3.63, 3.8) is 0 Å². The number of nitrogens with zero attached hydrogens (tertiary/aromatic N) is 2. The largest absolute Gasteiger partial charge is 0.383 e. The van der Waals surface area contributed by atoms with Crippen molar-refractivity contribution in [1.82, 2.24) is 20.6 Å². The molecule has 1 aromatic heterocycles. The predicted molar refractivity (Wildman–Crippen MR) is 63.1 cm³/mol. The quantitative estimate of drug-likeness (QED) is 0.587. The lowest BCUT2D eigenvalue weighted by Crippen LogP contribution is -2.24. The highest BCUT2D eigenvalue weighted by atomic mass is 16.5. The molecule has 0 aromatic carbocycles. The average molecular weight is 224 g/mol. The van der Waals surface area contributed by atoms with Crippen LogP contribution >= 0.6 is 0 Å². The lowest BCUT2D eigenvalue weighted by Gasteiger charge is -2.05. The van der Waals surface area contributed by atoms with E-state index >= 15 is 0 Å². The fourth-order valence-electron chi connectivity index (χ4n) is 1.29. The zero-order chi connectivity index (χ0) is 11.5. The van der Waals surface area contributed by atoms with Crippen LogP contribution in [-0.2, 0) is 11.3 Å². The van der Waals surface area contributed by atoms with Crippen LogP contribution in [0.2, 0.25) is 0 Å². The number of hydrogen-bond donors (Lipinski definition) is 2. The summed E-state index contributed by atoms with van der Waals surface area (Å²) < 4.78 is 4.94. The van der Waals surface area contributed by atoms with Crippen molar-refractivity contribution in [2.45, 2.75) is 13.0 Å². The third-order valence-electron chi connectivity index (χ3n) is 2.13. The van der Waals surface area contributed by atoms with Gasteiger partial charge in [-0.3, -0.25) is 0 Å². The van der Waals surface area contributed by atoms with Crippen molar-refractivity contribution in [3.05, 3.63) is 24.3 Å². The average Bonchev–Trinajstić information content (AvgIpc) is 2.34. The van der Waals surface area contributed by atoms with E-state index in [1.807, 2.05) is 12.4 Å². The Kier molecular flexibility index (Phi) is 7.49. The lowest BCUT2D eigenvalue weighted by atomic mass is 10.3. The summed E-state index contributed by atoms with van der Waals surface area (Å²) in [6.07, 6.45) is 6.31. The van der Waals surface area contributed by atoms with Gasteiger partial charge in [0.2, 0.25) is 0 Å². The smallest absolute Gasteiger partial charge is 0.115 e. The highest BCUT2D eigenvalue weighted by Gasteiger charge is 1.92. The Morgan fingerprint density at radius 3 is 2.62 bits per heavy atom. The summed E-state index contributed by atoms with van der Waals surface area (Å²) in [5.41, 5.74) is 1.12. The number of methoxy groups -OCH3 is 1. The van der Waals surface area contributed by atoms with Crippen molar-refractivity contribution < 1.29 is 4.74 Å². The van der Waals surface area contributed by atoms with Crippen LogP contribution < -0.4 is 10.6 Å². The Bertz CT molecular complexity index is 255. The van der Waals surface area contributed by atoms with Gasteiger partial charge in [0.25, 0.3) is 0 Å². The fraction of sp³-hybridized carbons (Fsp3) is 0.636. The van der Waals surface area contributed by atoms with Gasteiger partial charge in [-0.25, -0.2) is 9.97 Å². The molecule has 2 N–H and O–H groups in total. The monoisotopic (exact) mass is 224 g/mol. The molecular weight excluding hydrogens is 204 g/mol. The molecule has 0 atom stereocenters. The Balaban J connectivity index is 1.89. The van der Waals surface area contributed by atoms with Crippen LogP contribution in [0.1, 0.15) is 12.0 Å². The van der Waals surface area contributed by atoms with E-state index in [0.717, 1.165) is 44.8 Å². The van der Waals surface area contributed by atoms with Crippen LogP contribution in [0.4, 0.5) is 0 Å². The first-order valence-electron chi connectivity index (χ1n) is 5.57. The minimum Gasteiger partial charge on any atom is -0.383 e. The predicted octanol–water partition coefficient (Wildman–Crippen LogP) is 0.192. The Hall–Kier alpha value is -1.04. The minimum atomic E-state index is 0.773. The number of ether oxygens (including phenoxy) is 1. The third kappa shape index (κ3) is 6.44. The molecule has 0 aliphatic carbocycles. The van der Waals surface area contributed by atoms with Crippen LogP contribution in [0.5, 0.6) is 0 Å². The van der Waals surface area contributed by atoms with Gasteiger partial charge < -0.3 is 15.4 Å². The normalized spacial score (nSPS) is 10.6. The van der Waals surface area contributed by atoms with Crippen molar-refractivity contribution in [2.24, 2.45) is 0 Å². The molecule has 0 unspecified atom stereocenters. The van der Waals surface area contributed by atoms with Crippen molar-refractivity contribution in [1.29, 1.82) is 0 Å². The molecule has 1 heterocycles. The number of hydrogen-bond acceptors (Lipinski definition) is 5. The molecule has 5 heteroatoms. The molecule has 0 fully saturated rings. The van der Waals surface area contributed by atoms with Gasteiger partial charge in [-0.2, -0.15) is 0 Å². The van der Waals surface area contributed by atoms with Crippen LogP contribution in [0.15, 0.2) is 18.7 Å². The standard InChI is InChI=1S/C11H20N4O/c1-16-6-5-12-3-2-4-13-7-11-8-14-10-15-9-11/h8-10,12-13H,2-7H2,1H3. The molecule has 5 nitrogen and oxygen atoms in total. The summed E-state index contributed by atoms with van der Waals surface area (Å²) in [5, 5.41) is 6.64. The summed E-state index contributed by atoms with van der Waals surface area (Å²) >= 11 is 0. The maximum absolute atomic E-state index is 4.94. The zero-order valence-corrected chi connectivity index (χ0v) is 9.78. The molecule has 0 bridgehead atoms. The number of aromatic nitrogens is 2. The summed E-state index contributed by atoms with van der Waals surface area (Å²) in [6.45, 7) is 4.53. The Morgan fingerprint density at radius 2 is 1.88 bits per heavy atom. The maximum atomic E-state index is 4.94. The molecule has 90 valence electrons. The zero-order valence-electron chi connectivity index (χ0n) is 9.78. The second kappa shape index (κ2) is 9.21. The highest BCUT2D eigenvalue weighted by Crippen LogP contribution is 1.90. The van der Waals surface area contributed by atoms with Gasteiger partial charge in [-0.15, -0.1) is 0 Å². The second-order valence-electron chi connectivity index (χ2n) is 3.52. The minimum absolute atomic E-state index is 0.773. The lowest BCUT2D eigenvalue weighted by molar-refractivity contribution is 0.199. The summed E-state index contributed by atoms with van der Waals surface area (Å²) in [5.74, 6) is 0. The molecule has 0 aliphatic heterocycles. The van der Waals surface area contributed by atoms with E-state index in [-0.39, 0.29) is 0 Å². The van der Waals surface area contributed by atoms with Gasteiger partial charge in [-0.1, -0.05) is 0 Å². The first kappa shape index (κ1) is 13.0. The van der Waals surface area contributed by atoms with Gasteiger partial charge in [0.1, 0.15) is 6.33 Å². The van der Waals surface area contributed by atoms with Crippen LogP contribution in [-0.4, -0.2) is 43.3 Å². The van der Waals surface area contributed by atoms with Gasteiger partial charge in [-0.05, 0) is 19.5 Å². The van der Waals surface area contributed by atoms with Gasteiger partial charge in [0, 0.05) is 38.2 Å². The second-order valence-corrected chi connectivity index (χ2v) is 3.52. The van der Waals surface area contributed by atoms with Gasteiger partial charge in [0.05, 0.1) is 6.61 Å². The molecule has 0 spiro atoms. The topological polar surface area (TPSA) is 59.1 Å². The van der Waals surface area contributed by atoms with Crippen molar-refractivity contribution in [2.75, 3.05) is 33.4 Å². The van der Waals surface area contributed by atoms with E-state index < -0.39 is 0 Å². The summed E-state index contributed by atoms with van der Waals surface area (Å²) in [4.78, 5) is 7.91. The molecular formula is C11H20N4O. The van der Waals surface area contributed by atoms with Crippen LogP contribution in [0, 0.1) is 0 Å². The molecule has 1 rings (SSSR count). The van der Waals surface area contributed by atoms with E-state index in [9.17, 15) is 0 Å². The van der Waals surface area contributed by atoms with E-state index in [2.05, 4.69) is 20.6 Å². The third-order valence-corrected chi connectivity index (χ3v) is 2.13. The fourth-order valence-corrected chi connectivity index (χ4v) is 1.29. The van der Waals surface area contributed by atoms with Crippen LogP contribution in [0.25, 0.3) is 0 Å². The van der Waals surface area contributed by atoms with Crippen molar-refractivity contribution >= 4 is 0 Å². The van der Waals surface area contributed by atoms with Gasteiger partial charge >= 0.3 is 0 Å². The highest BCUT2D eigenvalue weighted by molar-refractivity contribution is 5.01. The summed E-state index contributed by atoms with van der Waals surface area (Å²) in [7, 11) is 1.71. The summed E-state index contributed by atoms with van der Waals surface area (Å²) in [6, 6.07) is 0. The maximum Gasteiger partial charge on any atom is 0.115 e. The Labute approximate surface area is 96.6 Å². The molecule has 0 saturated carbocycles. The first-order valence-corrected chi connectivity index (χ1v) is 5.57. The Morgan fingerprint density at radius 1 is 1.12 bits per heavy atom. The molecule has 1 aromatic rings. The van der Waals surface area contributed by atoms with Crippen LogP contribution in [0.3, 0.4) is 0 Å². The van der Waals surface area contributed by atoms with E-state index in [1.165, 1.54) is 0 Å². The van der Waals surface area contributed by atoms with E-state index in [4.69, 9.17) is 4.74 Å². The number of nitrogens with one attached hydrogen (secondary N) is 2. The molecule has 0 amide bonds. The SMILES string of the molecule is COCCNCCCNCc1cncnc1. The van der Waals surface area contributed by atoms with Crippen molar-refractivity contribution in [3.8, 4) is 0 Å². The number of rotatable bonds is 9. The molecule has 0 radical (unpaired) electrons. The first-order chi connectivity index (χ1) is 7.93. The molecule has 16 heavy (non-hydrogen) atoms. The van der Waals surface area contributed by atoms with E-state index in [0.29, 0.717) is 0 Å². The molecule has 0 aliphatic rings. The van der Waals surface area contributed by atoms with Gasteiger partial charge in [0.15, 0.2) is 0 Å². The van der Waals surface area contributed by atoms with E-state index in [1.54, 1.807) is 13.4 Å². The molecule has 0 saturated heterocycles.